The zero-order chi connectivity index (χ0) is 21.5. The van der Waals surface area contributed by atoms with Gasteiger partial charge in [-0.15, -0.1) is 0 Å². The predicted octanol–water partition coefficient (Wildman–Crippen LogP) is 0.135. The number of fused-ring (bicyclic) bond motifs is 1. The van der Waals surface area contributed by atoms with Crippen LogP contribution < -0.4 is 16.6 Å². The van der Waals surface area contributed by atoms with Crippen LogP contribution in [0, 0.1) is 0 Å². The van der Waals surface area contributed by atoms with Crippen LogP contribution in [0.4, 0.5) is 5.69 Å². The number of aromatic nitrogens is 3. The van der Waals surface area contributed by atoms with Gasteiger partial charge in [0.2, 0.25) is 10.0 Å². The maximum absolute atomic E-state index is 12.5. The van der Waals surface area contributed by atoms with E-state index in [1.807, 2.05) is 0 Å². The molecule has 1 aromatic carbocycles. The molecule has 2 aromatic heterocycles. The van der Waals surface area contributed by atoms with Crippen molar-refractivity contribution in [1.82, 2.24) is 18.4 Å². The van der Waals surface area contributed by atoms with Gasteiger partial charge in [0.05, 0.1) is 22.2 Å². The second kappa shape index (κ2) is 7.26. The molecule has 1 amide bonds. The number of carbonyl (C=O) groups excluding carboxylic acids is 1. The van der Waals surface area contributed by atoms with E-state index in [1.54, 1.807) is 0 Å². The Morgan fingerprint density at radius 1 is 1.07 bits per heavy atom. The third-order valence-corrected chi connectivity index (χ3v) is 6.28. The lowest BCUT2D eigenvalue weighted by atomic mass is 10.2. The average Bonchev–Trinajstić information content (AvgIpc) is 2.70. The van der Waals surface area contributed by atoms with Gasteiger partial charge in [-0.1, -0.05) is 0 Å². The molecule has 10 nitrogen and oxygen atoms in total. The lowest BCUT2D eigenvalue weighted by molar-refractivity contribution is 0.102. The fraction of sp³-hybridized carbons (Fsp3) is 0.222. The Labute approximate surface area is 166 Å². The summed E-state index contributed by atoms with van der Waals surface area (Å²) in [5, 5.41) is 2.80. The molecule has 3 aromatic rings. The van der Waals surface area contributed by atoms with Gasteiger partial charge in [-0.3, -0.25) is 18.7 Å². The van der Waals surface area contributed by atoms with Gasteiger partial charge in [0, 0.05) is 33.8 Å². The molecule has 0 saturated carbocycles. The fourth-order valence-corrected chi connectivity index (χ4v) is 3.63. The molecule has 2 heterocycles. The molecule has 29 heavy (non-hydrogen) atoms. The van der Waals surface area contributed by atoms with Crippen LogP contribution in [-0.2, 0) is 24.1 Å². The largest absolute Gasteiger partial charge is 0.332 e. The van der Waals surface area contributed by atoms with E-state index in [0.29, 0.717) is 0 Å². The van der Waals surface area contributed by atoms with Crippen LogP contribution in [0.25, 0.3) is 11.0 Å². The van der Waals surface area contributed by atoms with Gasteiger partial charge in [-0.2, -0.15) is 0 Å². The van der Waals surface area contributed by atoms with E-state index in [9.17, 15) is 22.8 Å². The van der Waals surface area contributed by atoms with Gasteiger partial charge in [-0.25, -0.2) is 22.5 Å². The lowest BCUT2D eigenvalue weighted by Crippen LogP contribution is -2.37. The highest BCUT2D eigenvalue weighted by Crippen LogP contribution is 2.16. The van der Waals surface area contributed by atoms with Crippen LogP contribution in [-0.4, -0.2) is 46.8 Å². The van der Waals surface area contributed by atoms with Crippen molar-refractivity contribution in [2.24, 2.45) is 14.1 Å². The molecule has 1 N–H and O–H groups in total. The molecular formula is C18H19N5O5S. The van der Waals surface area contributed by atoms with E-state index >= 15 is 0 Å². The van der Waals surface area contributed by atoms with Gasteiger partial charge in [0.15, 0.2) is 0 Å². The Balaban J connectivity index is 1.92. The normalized spacial score (nSPS) is 11.8. The molecule has 152 valence electrons. The number of carbonyl (C=O) groups is 1. The first-order valence-electron chi connectivity index (χ1n) is 8.43. The number of sulfonamides is 1. The van der Waals surface area contributed by atoms with Crippen molar-refractivity contribution in [3.8, 4) is 0 Å². The average molecular weight is 417 g/mol. The molecule has 0 radical (unpaired) electrons. The zero-order valence-electron chi connectivity index (χ0n) is 16.2. The molecule has 11 heteroatoms. The quantitative estimate of drug-likeness (QED) is 0.644. The number of nitrogens with one attached hydrogen (secondary N) is 1. The van der Waals surface area contributed by atoms with Crippen LogP contribution in [0.5, 0.6) is 0 Å². The van der Waals surface area contributed by atoms with Gasteiger partial charge in [0.25, 0.3) is 11.5 Å². The van der Waals surface area contributed by atoms with Crippen LogP contribution in [0.15, 0.2) is 51.0 Å². The summed E-state index contributed by atoms with van der Waals surface area (Å²) < 4.78 is 27.5. The van der Waals surface area contributed by atoms with Gasteiger partial charge in [-0.05, 0) is 30.3 Å². The Morgan fingerprint density at radius 2 is 1.69 bits per heavy atom. The number of hydrogen-bond donors (Lipinski definition) is 1. The van der Waals surface area contributed by atoms with E-state index in [2.05, 4.69) is 10.3 Å². The molecule has 3 rings (SSSR count). The Morgan fingerprint density at radius 3 is 2.28 bits per heavy atom. The molecule has 0 aliphatic carbocycles. The second-order valence-corrected chi connectivity index (χ2v) is 8.72. The SMILES string of the molecule is CN(C)S(=O)(=O)c1ccc(C(=O)Nc2cnc3c(c2)c(=O)n(C)c(=O)n3C)cc1. The minimum atomic E-state index is -3.59. The standard InChI is InChI=1S/C18H19N5O5S/c1-21(2)29(27,28)13-7-5-11(6-8-13)16(24)20-12-9-14-15(19-10-12)22(3)18(26)23(4)17(14)25/h5-10H,1-4H3,(H,20,24). The monoisotopic (exact) mass is 417 g/mol. The van der Waals surface area contributed by atoms with Crippen molar-refractivity contribution < 1.29 is 13.2 Å². The van der Waals surface area contributed by atoms with Crippen molar-refractivity contribution in [2.75, 3.05) is 19.4 Å². The molecule has 0 bridgehead atoms. The molecule has 0 fully saturated rings. The first kappa shape index (κ1) is 20.4. The Kier molecular flexibility index (Phi) is 5.11. The lowest BCUT2D eigenvalue weighted by Gasteiger charge is -2.12. The van der Waals surface area contributed by atoms with E-state index < -0.39 is 27.2 Å². The molecule has 0 aliphatic heterocycles. The predicted molar refractivity (Wildman–Crippen MR) is 107 cm³/mol. The van der Waals surface area contributed by atoms with Crippen LogP contribution >= 0.6 is 0 Å². The summed E-state index contributed by atoms with van der Waals surface area (Å²) in [6.07, 6.45) is 1.34. The molecule has 0 unspecified atom stereocenters. The number of nitrogens with zero attached hydrogens (tertiary/aromatic N) is 4. The highest BCUT2D eigenvalue weighted by molar-refractivity contribution is 7.89. The third kappa shape index (κ3) is 3.57. The van der Waals surface area contributed by atoms with Crippen LogP contribution in [0.1, 0.15) is 10.4 Å². The van der Waals surface area contributed by atoms with Crippen molar-refractivity contribution in [1.29, 1.82) is 0 Å². The van der Waals surface area contributed by atoms with Crippen molar-refractivity contribution >= 4 is 32.7 Å². The van der Waals surface area contributed by atoms with Gasteiger partial charge in [0.1, 0.15) is 5.65 Å². The van der Waals surface area contributed by atoms with E-state index in [4.69, 9.17) is 0 Å². The van der Waals surface area contributed by atoms with Crippen molar-refractivity contribution in [3.63, 3.8) is 0 Å². The Hall–Kier alpha value is -3.31. The molecule has 0 atom stereocenters. The first-order chi connectivity index (χ1) is 13.5. The highest BCUT2D eigenvalue weighted by Gasteiger charge is 2.18. The van der Waals surface area contributed by atoms with Crippen molar-refractivity contribution in [3.05, 3.63) is 62.9 Å². The van der Waals surface area contributed by atoms with E-state index in [1.165, 1.54) is 69.3 Å². The number of hydrogen-bond acceptors (Lipinski definition) is 6. The summed E-state index contributed by atoms with van der Waals surface area (Å²) in [5.74, 6) is -0.499. The number of anilines is 1. The summed E-state index contributed by atoms with van der Waals surface area (Å²) in [5.41, 5.74) is -0.321. The van der Waals surface area contributed by atoms with E-state index in [0.717, 1.165) is 8.87 Å². The van der Waals surface area contributed by atoms with Gasteiger partial charge >= 0.3 is 5.69 Å². The third-order valence-electron chi connectivity index (χ3n) is 4.45. The summed E-state index contributed by atoms with van der Waals surface area (Å²) in [6.45, 7) is 0. The molecular weight excluding hydrogens is 398 g/mol. The summed E-state index contributed by atoms with van der Waals surface area (Å²) in [7, 11) is 2.11. The highest BCUT2D eigenvalue weighted by atomic mass is 32.2. The molecule has 0 aliphatic rings. The minimum Gasteiger partial charge on any atom is -0.321 e. The molecule has 0 saturated heterocycles. The zero-order valence-corrected chi connectivity index (χ0v) is 17.0. The fourth-order valence-electron chi connectivity index (χ4n) is 2.73. The molecule has 0 spiro atoms. The van der Waals surface area contributed by atoms with Crippen LogP contribution in [0.3, 0.4) is 0 Å². The number of amides is 1. The van der Waals surface area contributed by atoms with E-state index in [-0.39, 0.29) is 27.2 Å². The number of benzene rings is 1. The first-order valence-corrected chi connectivity index (χ1v) is 9.87. The second-order valence-electron chi connectivity index (χ2n) is 6.57. The smallest absolute Gasteiger partial charge is 0.321 e. The summed E-state index contributed by atoms with van der Waals surface area (Å²) in [6, 6.07) is 6.90. The van der Waals surface area contributed by atoms with Crippen molar-refractivity contribution in [2.45, 2.75) is 4.90 Å². The number of rotatable bonds is 4. The summed E-state index contributed by atoms with van der Waals surface area (Å²) >= 11 is 0. The van der Waals surface area contributed by atoms with Gasteiger partial charge < -0.3 is 5.32 Å². The Bertz CT molecular complexity index is 1340. The number of aryl methyl sites for hydroxylation is 1. The summed E-state index contributed by atoms with van der Waals surface area (Å²) in [4.78, 5) is 40.9. The minimum absolute atomic E-state index is 0.0656. The number of pyridine rings is 1. The maximum Gasteiger partial charge on any atom is 0.332 e. The van der Waals surface area contributed by atoms with Crippen LogP contribution in [0.2, 0.25) is 0 Å². The maximum atomic E-state index is 12.5. The topological polar surface area (TPSA) is 123 Å².